The Morgan fingerprint density at radius 3 is 2.71 bits per heavy atom. The molecule has 1 amide bonds. The highest BCUT2D eigenvalue weighted by Gasteiger charge is 2.49. The summed E-state index contributed by atoms with van der Waals surface area (Å²) in [4.78, 5) is 14.1. The molecule has 1 spiro atoms. The molecule has 1 aliphatic carbocycles. The van der Waals surface area contributed by atoms with E-state index in [0.717, 1.165) is 25.4 Å². The largest absolute Gasteiger partial charge is 0.341 e. The summed E-state index contributed by atoms with van der Waals surface area (Å²) in [6.45, 7) is 5.79. The van der Waals surface area contributed by atoms with Crippen molar-refractivity contribution in [2.24, 2.45) is 23.0 Å². The van der Waals surface area contributed by atoms with E-state index < -0.39 is 0 Å². The zero-order valence-corrected chi connectivity index (χ0v) is 11.5. The number of carbonyl (C=O) groups is 1. The minimum Gasteiger partial charge on any atom is -0.341 e. The topological polar surface area (TPSA) is 46.3 Å². The Morgan fingerprint density at radius 2 is 2.18 bits per heavy atom. The average Bonchev–Trinajstić information content (AvgIpc) is 2.69. The van der Waals surface area contributed by atoms with Crippen molar-refractivity contribution >= 4 is 17.5 Å². The Morgan fingerprint density at radius 1 is 1.53 bits per heavy atom. The molecule has 1 saturated carbocycles. The van der Waals surface area contributed by atoms with Crippen molar-refractivity contribution < 1.29 is 4.79 Å². The van der Waals surface area contributed by atoms with Crippen molar-refractivity contribution in [3.63, 3.8) is 0 Å². The second-order valence-electron chi connectivity index (χ2n) is 6.21. The van der Waals surface area contributed by atoms with Gasteiger partial charge in [-0.1, -0.05) is 13.8 Å². The van der Waals surface area contributed by atoms with E-state index in [1.807, 2.05) is 18.7 Å². The highest BCUT2D eigenvalue weighted by atomic mass is 35.5. The molecular weight excluding hydrogens is 236 g/mol. The fourth-order valence-electron chi connectivity index (χ4n) is 3.23. The van der Waals surface area contributed by atoms with E-state index in [1.54, 1.807) is 0 Å². The molecular formula is C13H23ClN2O. The van der Waals surface area contributed by atoms with Gasteiger partial charge in [0.15, 0.2) is 0 Å². The predicted molar refractivity (Wildman–Crippen MR) is 69.9 cm³/mol. The van der Waals surface area contributed by atoms with E-state index >= 15 is 0 Å². The van der Waals surface area contributed by atoms with E-state index in [0.29, 0.717) is 11.3 Å². The maximum absolute atomic E-state index is 12.1. The van der Waals surface area contributed by atoms with Crippen LogP contribution in [-0.2, 0) is 4.79 Å². The van der Waals surface area contributed by atoms with Crippen molar-refractivity contribution in [1.82, 2.24) is 4.90 Å². The minimum absolute atomic E-state index is 0.131. The standard InChI is InChI=1S/C13H23ClN2O/c1-9(2)11(15)12(17)16-4-3-13(8-16)5-10(6-13)7-14/h9-11H,3-8,15H2,1-2H3/t10?,11-,13?/m0/s1. The normalized spacial score (nSPS) is 34.2. The molecule has 0 bridgehead atoms. The maximum Gasteiger partial charge on any atom is 0.239 e. The zero-order chi connectivity index (χ0) is 12.6. The van der Waals surface area contributed by atoms with Crippen LogP contribution in [0.2, 0.25) is 0 Å². The Bertz CT molecular complexity index is 300. The van der Waals surface area contributed by atoms with Crippen LogP contribution in [0.25, 0.3) is 0 Å². The van der Waals surface area contributed by atoms with Crippen LogP contribution in [0.1, 0.15) is 33.1 Å². The van der Waals surface area contributed by atoms with Crippen LogP contribution in [0.3, 0.4) is 0 Å². The van der Waals surface area contributed by atoms with Gasteiger partial charge >= 0.3 is 0 Å². The van der Waals surface area contributed by atoms with Crippen LogP contribution in [0.5, 0.6) is 0 Å². The summed E-state index contributed by atoms with van der Waals surface area (Å²) in [5.41, 5.74) is 6.31. The van der Waals surface area contributed by atoms with Gasteiger partial charge in [-0.15, -0.1) is 11.6 Å². The van der Waals surface area contributed by atoms with Gasteiger partial charge in [0.1, 0.15) is 0 Å². The summed E-state index contributed by atoms with van der Waals surface area (Å²) in [6.07, 6.45) is 3.52. The Labute approximate surface area is 109 Å². The van der Waals surface area contributed by atoms with Crippen LogP contribution in [0.4, 0.5) is 0 Å². The first-order chi connectivity index (χ1) is 7.97. The number of hydrogen-bond donors (Lipinski definition) is 1. The number of carbonyl (C=O) groups excluding carboxylic acids is 1. The van der Waals surface area contributed by atoms with Crippen molar-refractivity contribution in [2.75, 3.05) is 19.0 Å². The van der Waals surface area contributed by atoms with Crippen molar-refractivity contribution in [3.05, 3.63) is 0 Å². The van der Waals surface area contributed by atoms with Crippen LogP contribution in [0.15, 0.2) is 0 Å². The molecule has 0 aromatic rings. The third-order valence-electron chi connectivity index (χ3n) is 4.41. The third-order valence-corrected chi connectivity index (χ3v) is 4.85. The molecule has 1 heterocycles. The minimum atomic E-state index is -0.339. The number of rotatable bonds is 3. The fraction of sp³-hybridized carbons (Fsp3) is 0.923. The summed E-state index contributed by atoms with van der Waals surface area (Å²) < 4.78 is 0. The molecule has 2 rings (SSSR count). The van der Waals surface area contributed by atoms with Gasteiger partial charge in [-0.3, -0.25) is 4.79 Å². The molecule has 2 aliphatic rings. The highest BCUT2D eigenvalue weighted by molar-refractivity contribution is 6.18. The van der Waals surface area contributed by atoms with Gasteiger partial charge in [0.2, 0.25) is 5.91 Å². The second kappa shape index (κ2) is 4.77. The number of hydrogen-bond acceptors (Lipinski definition) is 2. The Kier molecular flexibility index (Phi) is 3.69. The number of likely N-dealkylation sites (tertiary alicyclic amines) is 1. The number of halogens is 1. The van der Waals surface area contributed by atoms with Gasteiger partial charge in [0, 0.05) is 19.0 Å². The predicted octanol–water partition coefficient (Wildman–Crippen LogP) is 1.84. The first kappa shape index (κ1) is 13.2. The van der Waals surface area contributed by atoms with Crippen molar-refractivity contribution in [3.8, 4) is 0 Å². The highest BCUT2D eigenvalue weighted by Crippen LogP contribution is 2.52. The number of alkyl halides is 1. The van der Waals surface area contributed by atoms with Gasteiger partial charge in [-0.25, -0.2) is 0 Å². The smallest absolute Gasteiger partial charge is 0.239 e. The lowest BCUT2D eigenvalue weighted by atomic mass is 9.62. The van der Waals surface area contributed by atoms with E-state index in [2.05, 4.69) is 0 Å². The Hall–Kier alpha value is -0.280. The number of nitrogens with zero attached hydrogens (tertiary/aromatic N) is 1. The molecule has 0 aromatic heterocycles. The van der Waals surface area contributed by atoms with Crippen LogP contribution < -0.4 is 5.73 Å². The summed E-state index contributed by atoms with van der Waals surface area (Å²) in [7, 11) is 0. The molecule has 3 nitrogen and oxygen atoms in total. The van der Waals surface area contributed by atoms with Crippen molar-refractivity contribution in [2.45, 2.75) is 39.2 Å². The van der Waals surface area contributed by atoms with Crippen LogP contribution >= 0.6 is 11.6 Å². The van der Waals surface area contributed by atoms with Gasteiger partial charge in [-0.2, -0.15) is 0 Å². The van der Waals surface area contributed by atoms with Crippen molar-refractivity contribution in [1.29, 1.82) is 0 Å². The Balaban J connectivity index is 1.88. The lowest BCUT2D eigenvalue weighted by molar-refractivity contribution is -0.133. The summed E-state index contributed by atoms with van der Waals surface area (Å²) in [5, 5.41) is 0. The maximum atomic E-state index is 12.1. The number of nitrogens with two attached hydrogens (primary N) is 1. The van der Waals surface area contributed by atoms with E-state index in [-0.39, 0.29) is 17.9 Å². The lowest BCUT2D eigenvalue weighted by Gasteiger charge is -2.44. The monoisotopic (exact) mass is 258 g/mol. The third kappa shape index (κ3) is 2.45. The SMILES string of the molecule is CC(C)[C@H](N)C(=O)N1CCC2(CC(CCl)C2)C1. The average molecular weight is 259 g/mol. The second-order valence-corrected chi connectivity index (χ2v) is 6.52. The number of amides is 1. The van der Waals surface area contributed by atoms with E-state index in [4.69, 9.17) is 17.3 Å². The summed E-state index contributed by atoms with van der Waals surface area (Å²) >= 11 is 5.86. The molecule has 1 atom stereocenters. The zero-order valence-electron chi connectivity index (χ0n) is 10.8. The summed E-state index contributed by atoms with van der Waals surface area (Å²) in [6, 6.07) is -0.339. The van der Waals surface area contributed by atoms with E-state index in [9.17, 15) is 4.79 Å². The molecule has 1 saturated heterocycles. The van der Waals surface area contributed by atoms with Crippen LogP contribution in [0, 0.1) is 17.3 Å². The molecule has 0 unspecified atom stereocenters. The molecule has 4 heteroatoms. The van der Waals surface area contributed by atoms with Gasteiger partial charge < -0.3 is 10.6 Å². The fourth-order valence-corrected chi connectivity index (χ4v) is 3.44. The summed E-state index contributed by atoms with van der Waals surface area (Å²) in [5.74, 6) is 1.79. The molecule has 98 valence electrons. The molecule has 17 heavy (non-hydrogen) atoms. The lowest BCUT2D eigenvalue weighted by Crippen LogP contribution is -2.47. The van der Waals surface area contributed by atoms with Crippen LogP contribution in [-0.4, -0.2) is 35.8 Å². The first-order valence-corrected chi connectivity index (χ1v) is 7.11. The molecule has 1 aliphatic heterocycles. The van der Waals surface area contributed by atoms with E-state index in [1.165, 1.54) is 12.8 Å². The molecule has 0 radical (unpaired) electrons. The van der Waals surface area contributed by atoms with Gasteiger partial charge in [0.25, 0.3) is 0 Å². The van der Waals surface area contributed by atoms with Gasteiger partial charge in [-0.05, 0) is 36.5 Å². The molecule has 2 fully saturated rings. The first-order valence-electron chi connectivity index (χ1n) is 6.58. The molecule has 0 aromatic carbocycles. The quantitative estimate of drug-likeness (QED) is 0.786. The molecule has 2 N–H and O–H groups in total. The van der Waals surface area contributed by atoms with Gasteiger partial charge in [0.05, 0.1) is 6.04 Å².